The molecule has 13 heavy (non-hydrogen) atoms. The molecule has 0 aliphatic carbocycles. The lowest BCUT2D eigenvalue weighted by molar-refractivity contribution is 0.414. The highest BCUT2D eigenvalue weighted by Crippen LogP contribution is 2.25. The Morgan fingerprint density at radius 1 is 1.54 bits per heavy atom. The van der Waals surface area contributed by atoms with Gasteiger partial charge in [-0.2, -0.15) is 0 Å². The molecule has 1 aromatic rings. The van der Waals surface area contributed by atoms with Crippen LogP contribution in [0.25, 0.3) is 0 Å². The van der Waals surface area contributed by atoms with Crippen LogP contribution in [0.5, 0.6) is 5.75 Å². The number of hydrogen-bond donors (Lipinski definition) is 2. The zero-order valence-corrected chi connectivity index (χ0v) is 8.21. The Morgan fingerprint density at radius 2 is 2.23 bits per heavy atom. The van der Waals surface area contributed by atoms with Crippen molar-refractivity contribution in [1.82, 2.24) is 0 Å². The first-order chi connectivity index (χ1) is 6.19. The summed E-state index contributed by atoms with van der Waals surface area (Å²) < 4.78 is 5.01. The number of nitrogens with two attached hydrogens (primary N) is 2. The number of hydrogen-bond acceptors (Lipinski definition) is 3. The van der Waals surface area contributed by atoms with Gasteiger partial charge in [0.1, 0.15) is 5.75 Å². The molecule has 0 amide bonds. The third-order valence-corrected chi connectivity index (χ3v) is 2.19. The van der Waals surface area contributed by atoms with Crippen molar-refractivity contribution in [2.45, 2.75) is 6.04 Å². The normalized spacial score (nSPS) is 12.6. The van der Waals surface area contributed by atoms with Crippen molar-refractivity contribution in [3.8, 4) is 5.75 Å². The molecular weight excluding hydrogens is 188 g/mol. The minimum atomic E-state index is -0.210. The van der Waals surface area contributed by atoms with Crippen LogP contribution in [0.3, 0.4) is 0 Å². The van der Waals surface area contributed by atoms with Crippen molar-refractivity contribution < 1.29 is 4.74 Å². The van der Waals surface area contributed by atoms with E-state index in [1.807, 2.05) is 12.1 Å². The highest BCUT2D eigenvalue weighted by atomic mass is 35.5. The van der Waals surface area contributed by atoms with Gasteiger partial charge in [0.05, 0.1) is 7.11 Å². The van der Waals surface area contributed by atoms with Crippen LogP contribution in [-0.2, 0) is 0 Å². The second-order valence-corrected chi connectivity index (χ2v) is 3.14. The van der Waals surface area contributed by atoms with Crippen LogP contribution in [-0.4, -0.2) is 13.7 Å². The molecule has 0 saturated carbocycles. The molecule has 0 heterocycles. The van der Waals surface area contributed by atoms with Crippen LogP contribution >= 0.6 is 11.6 Å². The second kappa shape index (κ2) is 4.46. The van der Waals surface area contributed by atoms with Gasteiger partial charge in [0, 0.05) is 17.6 Å². The number of halogens is 1. The molecular formula is C9H13ClN2O. The number of methoxy groups -OCH3 is 1. The van der Waals surface area contributed by atoms with E-state index in [2.05, 4.69) is 0 Å². The molecule has 0 aromatic heterocycles. The molecule has 0 saturated heterocycles. The van der Waals surface area contributed by atoms with E-state index in [0.717, 1.165) is 11.3 Å². The van der Waals surface area contributed by atoms with E-state index in [1.54, 1.807) is 13.2 Å². The molecule has 0 aliphatic heterocycles. The van der Waals surface area contributed by atoms with Gasteiger partial charge in [0.2, 0.25) is 0 Å². The van der Waals surface area contributed by atoms with E-state index in [9.17, 15) is 0 Å². The molecule has 1 atom stereocenters. The summed E-state index contributed by atoms with van der Waals surface area (Å²) in [6.45, 7) is 0.381. The van der Waals surface area contributed by atoms with E-state index in [0.29, 0.717) is 11.6 Å². The van der Waals surface area contributed by atoms with Gasteiger partial charge in [-0.1, -0.05) is 17.7 Å². The van der Waals surface area contributed by atoms with Crippen LogP contribution in [0.15, 0.2) is 18.2 Å². The molecule has 0 fully saturated rings. The maximum Gasteiger partial charge on any atom is 0.120 e. The second-order valence-electron chi connectivity index (χ2n) is 2.73. The predicted octanol–water partition coefficient (Wildman–Crippen LogP) is 1.31. The Bertz CT molecular complexity index is 291. The van der Waals surface area contributed by atoms with E-state index >= 15 is 0 Å². The summed E-state index contributed by atoms with van der Waals surface area (Å²) >= 11 is 5.97. The highest BCUT2D eigenvalue weighted by Gasteiger charge is 2.08. The highest BCUT2D eigenvalue weighted by molar-refractivity contribution is 6.31. The number of benzene rings is 1. The summed E-state index contributed by atoms with van der Waals surface area (Å²) in [6.07, 6.45) is 0. The Kier molecular flexibility index (Phi) is 3.54. The zero-order valence-electron chi connectivity index (χ0n) is 7.46. The molecule has 1 rings (SSSR count). The minimum Gasteiger partial charge on any atom is -0.497 e. The van der Waals surface area contributed by atoms with Crippen LogP contribution < -0.4 is 16.2 Å². The largest absolute Gasteiger partial charge is 0.497 e. The van der Waals surface area contributed by atoms with Gasteiger partial charge in [-0.25, -0.2) is 0 Å². The molecule has 0 bridgehead atoms. The minimum absolute atomic E-state index is 0.210. The first-order valence-corrected chi connectivity index (χ1v) is 4.36. The molecule has 72 valence electrons. The van der Waals surface area contributed by atoms with Crippen LogP contribution in [0, 0.1) is 0 Å². The standard InChI is InChI=1S/C9H13ClN2O/c1-13-6-2-3-7(8(10)4-6)9(12)5-11/h2-4,9H,5,11-12H2,1H3. The molecule has 4 N–H and O–H groups in total. The summed E-state index contributed by atoms with van der Waals surface area (Å²) in [5, 5.41) is 0.595. The van der Waals surface area contributed by atoms with Gasteiger partial charge in [-0.15, -0.1) is 0 Å². The molecule has 4 heteroatoms. The van der Waals surface area contributed by atoms with Crippen molar-refractivity contribution in [2.24, 2.45) is 11.5 Å². The Balaban J connectivity index is 2.98. The Labute approximate surface area is 82.6 Å². The predicted molar refractivity (Wildman–Crippen MR) is 54.0 cm³/mol. The van der Waals surface area contributed by atoms with Crippen molar-refractivity contribution in [1.29, 1.82) is 0 Å². The van der Waals surface area contributed by atoms with Crippen molar-refractivity contribution in [3.63, 3.8) is 0 Å². The lowest BCUT2D eigenvalue weighted by Crippen LogP contribution is -2.20. The lowest BCUT2D eigenvalue weighted by Gasteiger charge is -2.11. The monoisotopic (exact) mass is 200 g/mol. The van der Waals surface area contributed by atoms with E-state index in [1.165, 1.54) is 0 Å². The maximum absolute atomic E-state index is 5.97. The number of rotatable bonds is 3. The first kappa shape index (κ1) is 10.3. The number of ether oxygens (including phenoxy) is 1. The van der Waals surface area contributed by atoms with Gasteiger partial charge in [0.15, 0.2) is 0 Å². The smallest absolute Gasteiger partial charge is 0.120 e. The summed E-state index contributed by atoms with van der Waals surface area (Å²) in [6, 6.07) is 5.17. The average Bonchev–Trinajstić information content (AvgIpc) is 2.16. The van der Waals surface area contributed by atoms with E-state index in [4.69, 9.17) is 27.8 Å². The topological polar surface area (TPSA) is 61.3 Å². The van der Waals surface area contributed by atoms with E-state index < -0.39 is 0 Å². The third kappa shape index (κ3) is 2.34. The fraction of sp³-hybridized carbons (Fsp3) is 0.333. The molecule has 0 spiro atoms. The quantitative estimate of drug-likeness (QED) is 0.774. The molecule has 0 aliphatic rings. The summed E-state index contributed by atoms with van der Waals surface area (Å²) in [4.78, 5) is 0. The maximum atomic E-state index is 5.97. The third-order valence-electron chi connectivity index (χ3n) is 1.86. The van der Waals surface area contributed by atoms with Gasteiger partial charge >= 0.3 is 0 Å². The molecule has 1 unspecified atom stereocenters. The molecule has 1 aromatic carbocycles. The van der Waals surface area contributed by atoms with Gasteiger partial charge in [-0.3, -0.25) is 0 Å². The fourth-order valence-corrected chi connectivity index (χ4v) is 1.37. The van der Waals surface area contributed by atoms with Crippen LogP contribution in [0.2, 0.25) is 5.02 Å². The molecule has 3 nitrogen and oxygen atoms in total. The fourth-order valence-electron chi connectivity index (χ4n) is 1.06. The summed E-state index contributed by atoms with van der Waals surface area (Å²) in [5.74, 6) is 0.720. The first-order valence-electron chi connectivity index (χ1n) is 3.98. The Morgan fingerprint density at radius 3 is 2.69 bits per heavy atom. The van der Waals surface area contributed by atoms with Gasteiger partial charge < -0.3 is 16.2 Å². The zero-order chi connectivity index (χ0) is 9.84. The van der Waals surface area contributed by atoms with Crippen LogP contribution in [0.1, 0.15) is 11.6 Å². The summed E-state index contributed by atoms with van der Waals surface area (Å²) in [7, 11) is 1.59. The summed E-state index contributed by atoms with van der Waals surface area (Å²) in [5.41, 5.74) is 12.0. The average molecular weight is 201 g/mol. The van der Waals surface area contributed by atoms with Crippen LogP contribution in [0.4, 0.5) is 0 Å². The lowest BCUT2D eigenvalue weighted by atomic mass is 10.1. The van der Waals surface area contributed by atoms with Gasteiger partial charge in [-0.05, 0) is 17.7 Å². The van der Waals surface area contributed by atoms with Gasteiger partial charge in [0.25, 0.3) is 0 Å². The van der Waals surface area contributed by atoms with E-state index in [-0.39, 0.29) is 6.04 Å². The molecule has 0 radical (unpaired) electrons. The Hall–Kier alpha value is -0.770. The van der Waals surface area contributed by atoms with Crippen molar-refractivity contribution >= 4 is 11.6 Å². The van der Waals surface area contributed by atoms with Crippen molar-refractivity contribution in [2.75, 3.05) is 13.7 Å². The SMILES string of the molecule is COc1ccc(C(N)CN)c(Cl)c1. The van der Waals surface area contributed by atoms with Crippen molar-refractivity contribution in [3.05, 3.63) is 28.8 Å².